The Morgan fingerprint density at radius 3 is 2.43 bits per heavy atom. The molecule has 0 bridgehead atoms. The maximum absolute atomic E-state index is 12.8. The number of carbonyl (C=O) groups is 1. The molecular weight excluding hydrogens is 289 g/mol. The Balaban J connectivity index is 2.39. The predicted molar refractivity (Wildman–Crippen MR) is 84.8 cm³/mol. The topological polar surface area (TPSA) is 49.3 Å². The van der Waals surface area contributed by atoms with Crippen LogP contribution in [0.5, 0.6) is 0 Å². The molecule has 1 unspecified atom stereocenters. The Labute approximate surface area is 130 Å². The molecule has 0 fully saturated rings. The van der Waals surface area contributed by atoms with E-state index in [4.69, 9.17) is 0 Å². The molecule has 0 saturated heterocycles. The molecule has 0 aliphatic rings. The van der Waals surface area contributed by atoms with E-state index in [0.717, 1.165) is 4.90 Å². The molecule has 0 aromatic heterocycles. The molecule has 5 heteroatoms. The Morgan fingerprint density at radius 2 is 1.90 bits per heavy atom. The van der Waals surface area contributed by atoms with Gasteiger partial charge in [-0.2, -0.15) is 0 Å². The smallest absolute Gasteiger partial charge is 0.223 e. The van der Waals surface area contributed by atoms with Crippen LogP contribution in [0.15, 0.2) is 29.2 Å². The highest BCUT2D eigenvalue weighted by molar-refractivity contribution is 7.99. The lowest BCUT2D eigenvalue weighted by Gasteiger charge is -2.26. The third-order valence-corrected chi connectivity index (χ3v) is 4.94. The summed E-state index contributed by atoms with van der Waals surface area (Å²) in [5, 5.41) is 12.9. The van der Waals surface area contributed by atoms with E-state index in [1.165, 1.54) is 23.9 Å². The van der Waals surface area contributed by atoms with Gasteiger partial charge in [-0.05, 0) is 37.1 Å². The van der Waals surface area contributed by atoms with Crippen molar-refractivity contribution in [2.45, 2.75) is 44.1 Å². The van der Waals surface area contributed by atoms with E-state index in [-0.39, 0.29) is 24.2 Å². The van der Waals surface area contributed by atoms with Crippen LogP contribution in [0.4, 0.5) is 4.39 Å². The lowest BCUT2D eigenvalue weighted by Crippen LogP contribution is -2.44. The highest BCUT2D eigenvalue weighted by atomic mass is 32.2. The molecule has 0 spiro atoms. The van der Waals surface area contributed by atoms with Crippen LogP contribution in [0.25, 0.3) is 0 Å². The molecule has 3 nitrogen and oxygen atoms in total. The van der Waals surface area contributed by atoms with Crippen LogP contribution in [0, 0.1) is 11.7 Å². The molecule has 0 aliphatic carbocycles. The standard InChI is InChI=1S/C16H24FNO2S/c1-4-16(20,5-2)11-18-15(19)12(3)10-21-14-8-6-13(17)7-9-14/h6-9,12,20H,4-5,10-11H2,1-3H3,(H,18,19). The average molecular weight is 313 g/mol. The molecule has 2 N–H and O–H groups in total. The zero-order valence-corrected chi connectivity index (χ0v) is 13.7. The second-order valence-corrected chi connectivity index (χ2v) is 6.41. The summed E-state index contributed by atoms with van der Waals surface area (Å²) in [5.74, 6) is 0.125. The summed E-state index contributed by atoms with van der Waals surface area (Å²) in [6.07, 6.45) is 1.23. The summed E-state index contributed by atoms with van der Waals surface area (Å²) >= 11 is 1.52. The van der Waals surface area contributed by atoms with E-state index < -0.39 is 5.60 Å². The van der Waals surface area contributed by atoms with Crippen LogP contribution in [-0.2, 0) is 4.79 Å². The minimum atomic E-state index is -0.820. The van der Waals surface area contributed by atoms with Gasteiger partial charge in [0.15, 0.2) is 0 Å². The van der Waals surface area contributed by atoms with Crippen molar-refractivity contribution >= 4 is 17.7 Å². The highest BCUT2D eigenvalue weighted by Gasteiger charge is 2.24. The SMILES string of the molecule is CCC(O)(CC)CNC(=O)C(C)CSc1ccc(F)cc1. The van der Waals surface area contributed by atoms with Crippen LogP contribution in [0.3, 0.4) is 0 Å². The largest absolute Gasteiger partial charge is 0.388 e. The number of hydrogen-bond donors (Lipinski definition) is 2. The van der Waals surface area contributed by atoms with Gasteiger partial charge in [0.25, 0.3) is 0 Å². The summed E-state index contributed by atoms with van der Waals surface area (Å²) in [6, 6.07) is 6.24. The number of amides is 1. The van der Waals surface area contributed by atoms with Gasteiger partial charge in [0.05, 0.1) is 5.60 Å². The van der Waals surface area contributed by atoms with Crippen molar-refractivity contribution in [2.24, 2.45) is 5.92 Å². The fourth-order valence-corrected chi connectivity index (χ4v) is 2.68. The molecule has 0 aliphatic heterocycles. The van der Waals surface area contributed by atoms with Gasteiger partial charge >= 0.3 is 0 Å². The first-order valence-corrected chi connectivity index (χ1v) is 8.27. The Bertz CT molecular complexity index is 446. The number of carbonyl (C=O) groups excluding carboxylic acids is 1. The lowest BCUT2D eigenvalue weighted by molar-refractivity contribution is -0.125. The van der Waals surface area contributed by atoms with Gasteiger partial charge in [-0.1, -0.05) is 20.8 Å². The van der Waals surface area contributed by atoms with Crippen molar-refractivity contribution in [1.29, 1.82) is 0 Å². The number of aliphatic hydroxyl groups is 1. The number of benzene rings is 1. The molecule has 0 heterocycles. The highest BCUT2D eigenvalue weighted by Crippen LogP contribution is 2.21. The summed E-state index contributed by atoms with van der Waals surface area (Å²) in [4.78, 5) is 12.9. The molecule has 1 aromatic carbocycles. The van der Waals surface area contributed by atoms with Crippen LogP contribution in [0.1, 0.15) is 33.6 Å². The predicted octanol–water partition coefficient (Wildman–Crippen LogP) is 3.22. The van der Waals surface area contributed by atoms with E-state index in [0.29, 0.717) is 18.6 Å². The lowest BCUT2D eigenvalue weighted by atomic mass is 9.97. The monoisotopic (exact) mass is 313 g/mol. The van der Waals surface area contributed by atoms with Crippen LogP contribution >= 0.6 is 11.8 Å². The summed E-state index contributed by atoms with van der Waals surface area (Å²) in [5.41, 5.74) is -0.820. The van der Waals surface area contributed by atoms with Crippen molar-refractivity contribution in [3.8, 4) is 0 Å². The second-order valence-electron chi connectivity index (χ2n) is 5.32. The van der Waals surface area contributed by atoms with Gasteiger partial charge in [-0.15, -0.1) is 11.8 Å². The fourth-order valence-electron chi connectivity index (χ4n) is 1.75. The molecule has 1 amide bonds. The molecule has 1 rings (SSSR count). The fraction of sp³-hybridized carbons (Fsp3) is 0.562. The van der Waals surface area contributed by atoms with Gasteiger partial charge in [0.1, 0.15) is 5.82 Å². The first kappa shape index (κ1) is 18.0. The first-order valence-electron chi connectivity index (χ1n) is 7.28. The minimum absolute atomic E-state index is 0.0649. The molecule has 1 aromatic rings. The van der Waals surface area contributed by atoms with Crippen molar-refractivity contribution in [3.63, 3.8) is 0 Å². The number of hydrogen-bond acceptors (Lipinski definition) is 3. The number of thioether (sulfide) groups is 1. The molecule has 118 valence electrons. The van der Waals surface area contributed by atoms with Crippen molar-refractivity contribution in [3.05, 3.63) is 30.1 Å². The van der Waals surface area contributed by atoms with Crippen LogP contribution in [-0.4, -0.2) is 28.9 Å². The molecule has 1 atom stereocenters. The van der Waals surface area contributed by atoms with E-state index in [1.807, 2.05) is 20.8 Å². The zero-order chi connectivity index (χ0) is 15.9. The molecule has 0 saturated carbocycles. The maximum atomic E-state index is 12.8. The quantitative estimate of drug-likeness (QED) is 0.725. The van der Waals surface area contributed by atoms with Gasteiger partial charge in [-0.3, -0.25) is 4.79 Å². The van der Waals surface area contributed by atoms with E-state index >= 15 is 0 Å². The molecular formula is C16H24FNO2S. The number of nitrogens with one attached hydrogen (secondary N) is 1. The van der Waals surface area contributed by atoms with Crippen molar-refractivity contribution < 1.29 is 14.3 Å². The van der Waals surface area contributed by atoms with Crippen LogP contribution < -0.4 is 5.32 Å². The normalized spacial score (nSPS) is 13.0. The Kier molecular flexibility index (Phi) is 7.18. The van der Waals surface area contributed by atoms with Gasteiger partial charge in [-0.25, -0.2) is 4.39 Å². The van der Waals surface area contributed by atoms with Crippen molar-refractivity contribution in [2.75, 3.05) is 12.3 Å². The first-order chi connectivity index (χ1) is 9.90. The van der Waals surface area contributed by atoms with E-state index in [1.54, 1.807) is 12.1 Å². The minimum Gasteiger partial charge on any atom is -0.388 e. The zero-order valence-electron chi connectivity index (χ0n) is 12.9. The summed E-state index contributed by atoms with van der Waals surface area (Å²) in [7, 11) is 0. The van der Waals surface area contributed by atoms with Crippen LogP contribution in [0.2, 0.25) is 0 Å². The Morgan fingerprint density at radius 1 is 1.33 bits per heavy atom. The number of rotatable bonds is 8. The van der Waals surface area contributed by atoms with E-state index in [9.17, 15) is 14.3 Å². The Hall–Kier alpha value is -1.07. The molecule has 0 radical (unpaired) electrons. The average Bonchev–Trinajstić information content (AvgIpc) is 2.51. The van der Waals surface area contributed by atoms with Gasteiger partial charge in [0.2, 0.25) is 5.91 Å². The third kappa shape index (κ3) is 6.06. The van der Waals surface area contributed by atoms with Gasteiger partial charge < -0.3 is 10.4 Å². The number of halogens is 1. The summed E-state index contributed by atoms with van der Waals surface area (Å²) < 4.78 is 12.8. The maximum Gasteiger partial charge on any atom is 0.223 e. The second kappa shape index (κ2) is 8.39. The van der Waals surface area contributed by atoms with Gasteiger partial charge in [0, 0.05) is 23.1 Å². The third-order valence-electron chi connectivity index (χ3n) is 3.67. The summed E-state index contributed by atoms with van der Waals surface area (Å²) in [6.45, 7) is 5.94. The van der Waals surface area contributed by atoms with Crippen molar-refractivity contribution in [1.82, 2.24) is 5.32 Å². The van der Waals surface area contributed by atoms with E-state index in [2.05, 4.69) is 5.32 Å². The molecule has 21 heavy (non-hydrogen) atoms.